The van der Waals surface area contributed by atoms with Crippen LogP contribution in [0.25, 0.3) is 0 Å². The van der Waals surface area contributed by atoms with Gasteiger partial charge in [-0.15, -0.1) is 0 Å². The molecule has 0 spiro atoms. The summed E-state index contributed by atoms with van der Waals surface area (Å²) in [7, 11) is 1.77. The molecule has 0 heterocycles. The number of hydrogen-bond donors (Lipinski definition) is 0. The van der Waals surface area contributed by atoms with E-state index in [2.05, 4.69) is 38.1 Å². The van der Waals surface area contributed by atoms with Gasteiger partial charge in [-0.25, -0.2) is 0 Å². The molecule has 1 nitrogen and oxygen atoms in total. The van der Waals surface area contributed by atoms with Crippen molar-refractivity contribution >= 4 is 0 Å². The third-order valence-corrected chi connectivity index (χ3v) is 3.37. The van der Waals surface area contributed by atoms with E-state index < -0.39 is 0 Å². The summed E-state index contributed by atoms with van der Waals surface area (Å²) in [5, 5.41) is 0. The fourth-order valence-electron chi connectivity index (χ4n) is 2.45. The topological polar surface area (TPSA) is 9.23 Å². The fraction of sp³-hybridized carbons (Fsp3) is 0.625. The molecular formula is C16H26O. The number of ether oxygens (including phenoxy) is 1. The van der Waals surface area contributed by atoms with E-state index in [4.69, 9.17) is 4.74 Å². The molecule has 0 aliphatic heterocycles. The van der Waals surface area contributed by atoms with Gasteiger partial charge in [-0.05, 0) is 30.4 Å². The Balaban J connectivity index is 2.73. The van der Waals surface area contributed by atoms with Crippen molar-refractivity contribution in [1.82, 2.24) is 0 Å². The maximum Gasteiger partial charge on any atom is 0.122 e. The van der Waals surface area contributed by atoms with Crippen LogP contribution in [-0.2, 0) is 0 Å². The average Bonchev–Trinajstić information content (AvgIpc) is 2.38. The molecule has 1 atom stereocenters. The first kappa shape index (κ1) is 14.1. The Kier molecular flexibility index (Phi) is 6.76. The Bertz CT molecular complexity index is 306. The molecular weight excluding hydrogens is 208 g/mol. The number of benzene rings is 1. The Hall–Kier alpha value is -0.980. The van der Waals surface area contributed by atoms with Gasteiger partial charge in [0, 0.05) is 0 Å². The molecule has 0 fully saturated rings. The average molecular weight is 234 g/mol. The van der Waals surface area contributed by atoms with Crippen LogP contribution in [0, 0.1) is 0 Å². The van der Waals surface area contributed by atoms with Gasteiger partial charge in [0.2, 0.25) is 0 Å². The van der Waals surface area contributed by atoms with Crippen molar-refractivity contribution in [2.75, 3.05) is 7.11 Å². The van der Waals surface area contributed by atoms with E-state index in [-0.39, 0.29) is 0 Å². The summed E-state index contributed by atoms with van der Waals surface area (Å²) in [5.41, 5.74) is 1.40. The summed E-state index contributed by atoms with van der Waals surface area (Å²) >= 11 is 0. The second-order valence-electron chi connectivity index (χ2n) is 4.72. The third kappa shape index (κ3) is 4.41. The van der Waals surface area contributed by atoms with Gasteiger partial charge in [0.05, 0.1) is 7.11 Å². The standard InChI is InChI=1S/C16H26O/c1-4-6-7-11-14(10-5-2)15-12-8-9-13-16(15)17-3/h8-9,12-14H,4-7,10-11H2,1-3H3. The van der Waals surface area contributed by atoms with Crippen molar-refractivity contribution < 1.29 is 4.74 Å². The van der Waals surface area contributed by atoms with Gasteiger partial charge in [-0.2, -0.15) is 0 Å². The fourth-order valence-corrected chi connectivity index (χ4v) is 2.45. The highest BCUT2D eigenvalue weighted by Gasteiger charge is 2.14. The first-order valence-corrected chi connectivity index (χ1v) is 6.96. The predicted molar refractivity (Wildman–Crippen MR) is 74.8 cm³/mol. The first-order valence-electron chi connectivity index (χ1n) is 6.96. The van der Waals surface area contributed by atoms with Gasteiger partial charge < -0.3 is 4.74 Å². The SMILES string of the molecule is CCCCCC(CCC)c1ccccc1OC. The van der Waals surface area contributed by atoms with Crippen LogP contribution in [0.4, 0.5) is 0 Å². The molecule has 0 aliphatic rings. The van der Waals surface area contributed by atoms with Gasteiger partial charge in [0.1, 0.15) is 5.75 Å². The predicted octanol–water partition coefficient (Wildman–Crippen LogP) is 5.16. The van der Waals surface area contributed by atoms with Crippen molar-refractivity contribution in [1.29, 1.82) is 0 Å². The van der Waals surface area contributed by atoms with Crippen LogP contribution in [-0.4, -0.2) is 7.11 Å². The highest BCUT2D eigenvalue weighted by Crippen LogP contribution is 2.33. The lowest BCUT2D eigenvalue weighted by molar-refractivity contribution is 0.399. The van der Waals surface area contributed by atoms with E-state index in [1.54, 1.807) is 7.11 Å². The molecule has 0 aliphatic carbocycles. The molecule has 0 saturated heterocycles. The number of rotatable bonds is 8. The quantitative estimate of drug-likeness (QED) is 0.564. The lowest BCUT2D eigenvalue weighted by Gasteiger charge is -2.19. The number of hydrogen-bond acceptors (Lipinski definition) is 1. The monoisotopic (exact) mass is 234 g/mol. The van der Waals surface area contributed by atoms with Crippen molar-refractivity contribution in [3.8, 4) is 5.75 Å². The second-order valence-corrected chi connectivity index (χ2v) is 4.72. The normalized spacial score (nSPS) is 12.4. The summed E-state index contributed by atoms with van der Waals surface area (Å²) in [4.78, 5) is 0. The number of para-hydroxylation sites is 1. The zero-order valence-corrected chi connectivity index (χ0v) is 11.5. The molecule has 96 valence electrons. The third-order valence-electron chi connectivity index (χ3n) is 3.37. The molecule has 0 aromatic heterocycles. The van der Waals surface area contributed by atoms with Gasteiger partial charge >= 0.3 is 0 Å². The molecule has 1 heteroatoms. The van der Waals surface area contributed by atoms with E-state index in [1.165, 1.54) is 44.1 Å². The molecule has 0 amide bonds. The smallest absolute Gasteiger partial charge is 0.122 e. The number of methoxy groups -OCH3 is 1. The van der Waals surface area contributed by atoms with Crippen molar-refractivity contribution in [3.63, 3.8) is 0 Å². The van der Waals surface area contributed by atoms with Crippen LogP contribution < -0.4 is 4.74 Å². The van der Waals surface area contributed by atoms with E-state index in [0.717, 1.165) is 5.75 Å². The molecule has 0 bridgehead atoms. The van der Waals surface area contributed by atoms with Crippen LogP contribution in [0.5, 0.6) is 5.75 Å². The Morgan fingerprint density at radius 2 is 1.76 bits per heavy atom. The van der Waals surface area contributed by atoms with E-state index >= 15 is 0 Å². The van der Waals surface area contributed by atoms with Gasteiger partial charge in [-0.3, -0.25) is 0 Å². The maximum atomic E-state index is 5.48. The first-order chi connectivity index (χ1) is 8.33. The minimum absolute atomic E-state index is 0.669. The Morgan fingerprint density at radius 3 is 2.41 bits per heavy atom. The summed E-state index contributed by atoms with van der Waals surface area (Å²) < 4.78 is 5.48. The second kappa shape index (κ2) is 8.16. The van der Waals surface area contributed by atoms with Crippen molar-refractivity contribution in [2.24, 2.45) is 0 Å². The minimum atomic E-state index is 0.669. The summed E-state index contributed by atoms with van der Waals surface area (Å²) in [6, 6.07) is 8.49. The van der Waals surface area contributed by atoms with Crippen LogP contribution in [0.1, 0.15) is 63.9 Å². The van der Waals surface area contributed by atoms with Crippen LogP contribution in [0.15, 0.2) is 24.3 Å². The van der Waals surface area contributed by atoms with Gasteiger partial charge in [0.25, 0.3) is 0 Å². The van der Waals surface area contributed by atoms with Gasteiger partial charge in [0.15, 0.2) is 0 Å². The Morgan fingerprint density at radius 1 is 1.00 bits per heavy atom. The lowest BCUT2D eigenvalue weighted by atomic mass is 9.89. The van der Waals surface area contributed by atoms with E-state index in [9.17, 15) is 0 Å². The molecule has 0 radical (unpaired) electrons. The molecule has 1 unspecified atom stereocenters. The molecule has 1 rings (SSSR count). The molecule has 17 heavy (non-hydrogen) atoms. The van der Waals surface area contributed by atoms with Crippen molar-refractivity contribution in [2.45, 2.75) is 58.3 Å². The van der Waals surface area contributed by atoms with E-state index in [1.807, 2.05) is 0 Å². The molecule has 1 aromatic rings. The molecule has 1 aromatic carbocycles. The lowest BCUT2D eigenvalue weighted by Crippen LogP contribution is -2.01. The zero-order chi connectivity index (χ0) is 12.5. The summed E-state index contributed by atoms with van der Waals surface area (Å²) in [5.74, 6) is 1.73. The summed E-state index contributed by atoms with van der Waals surface area (Å²) in [6.07, 6.45) is 7.78. The zero-order valence-electron chi connectivity index (χ0n) is 11.5. The van der Waals surface area contributed by atoms with Crippen LogP contribution >= 0.6 is 0 Å². The minimum Gasteiger partial charge on any atom is -0.496 e. The number of unbranched alkanes of at least 4 members (excludes halogenated alkanes) is 2. The Labute approximate surface area is 106 Å². The molecule has 0 saturated carbocycles. The van der Waals surface area contributed by atoms with Crippen molar-refractivity contribution in [3.05, 3.63) is 29.8 Å². The maximum absolute atomic E-state index is 5.48. The summed E-state index contributed by atoms with van der Waals surface area (Å²) in [6.45, 7) is 4.53. The van der Waals surface area contributed by atoms with Gasteiger partial charge in [-0.1, -0.05) is 57.7 Å². The highest BCUT2D eigenvalue weighted by molar-refractivity contribution is 5.36. The largest absolute Gasteiger partial charge is 0.496 e. The van der Waals surface area contributed by atoms with Crippen LogP contribution in [0.3, 0.4) is 0 Å². The van der Waals surface area contributed by atoms with Crippen LogP contribution in [0.2, 0.25) is 0 Å². The molecule has 0 N–H and O–H groups in total. The van der Waals surface area contributed by atoms with E-state index in [0.29, 0.717) is 5.92 Å². The highest BCUT2D eigenvalue weighted by atomic mass is 16.5.